The van der Waals surface area contributed by atoms with Crippen LogP contribution in [0.15, 0.2) is 67.3 Å². The van der Waals surface area contributed by atoms with Gasteiger partial charge in [0, 0.05) is 37.4 Å². The Balaban J connectivity index is 1.42. The zero-order valence-corrected chi connectivity index (χ0v) is 16.5. The number of hydrogen-bond acceptors (Lipinski definition) is 5. The van der Waals surface area contributed by atoms with E-state index < -0.39 is 0 Å². The largest absolute Gasteiger partial charge is 0.317 e. The van der Waals surface area contributed by atoms with Crippen molar-refractivity contribution in [2.45, 2.75) is 18.8 Å². The van der Waals surface area contributed by atoms with E-state index in [2.05, 4.69) is 31.4 Å². The number of hydrogen-bond donors (Lipinski definition) is 1. The van der Waals surface area contributed by atoms with Gasteiger partial charge < -0.3 is 5.32 Å². The molecule has 1 aliphatic carbocycles. The number of carbonyl (C=O) groups is 1. The third kappa shape index (κ3) is 3.69. The Hall–Kier alpha value is -3.87. The van der Waals surface area contributed by atoms with Crippen molar-refractivity contribution in [2.24, 2.45) is 7.05 Å². The van der Waals surface area contributed by atoms with Crippen LogP contribution < -0.4 is 5.32 Å². The SMILES string of the molecule is Cn1cc(NC(=O)c2cccc(-c3cncc(C4CC4)c3)n2)c(-c2ccccn2)n1. The van der Waals surface area contributed by atoms with E-state index in [1.807, 2.05) is 36.5 Å². The van der Waals surface area contributed by atoms with Crippen LogP contribution in [0, 0.1) is 0 Å². The van der Waals surface area contributed by atoms with Crippen molar-refractivity contribution in [3.05, 3.63) is 78.5 Å². The maximum absolute atomic E-state index is 12.9. The standard InChI is InChI=1S/C23H20N6O/c1-29-14-21(22(28-29)19-5-2-3-10-25-19)27-23(30)20-7-4-6-18(26-20)17-11-16(12-24-13-17)15-8-9-15/h2-7,10-15H,8-9H2,1H3,(H,27,30). The van der Waals surface area contributed by atoms with E-state index in [4.69, 9.17) is 0 Å². The van der Waals surface area contributed by atoms with Gasteiger partial charge in [0.15, 0.2) is 0 Å². The smallest absolute Gasteiger partial charge is 0.274 e. The highest BCUT2D eigenvalue weighted by molar-refractivity contribution is 6.04. The minimum Gasteiger partial charge on any atom is -0.317 e. The first-order valence-electron chi connectivity index (χ1n) is 9.86. The van der Waals surface area contributed by atoms with Gasteiger partial charge in [0.05, 0.1) is 17.1 Å². The van der Waals surface area contributed by atoms with Crippen molar-refractivity contribution in [3.8, 4) is 22.6 Å². The van der Waals surface area contributed by atoms with Gasteiger partial charge in [0.25, 0.3) is 5.91 Å². The molecule has 1 amide bonds. The Morgan fingerprint density at radius 2 is 1.97 bits per heavy atom. The summed E-state index contributed by atoms with van der Waals surface area (Å²) in [6.45, 7) is 0. The molecule has 148 valence electrons. The lowest BCUT2D eigenvalue weighted by atomic mass is 10.1. The molecule has 7 nitrogen and oxygen atoms in total. The second-order valence-electron chi connectivity index (χ2n) is 7.42. The van der Waals surface area contributed by atoms with Gasteiger partial charge in [-0.1, -0.05) is 12.1 Å². The molecule has 0 bridgehead atoms. The summed E-state index contributed by atoms with van der Waals surface area (Å²) >= 11 is 0. The molecule has 1 saturated carbocycles. The zero-order chi connectivity index (χ0) is 20.5. The molecule has 5 rings (SSSR count). The van der Waals surface area contributed by atoms with Crippen molar-refractivity contribution in [2.75, 3.05) is 5.32 Å². The van der Waals surface area contributed by atoms with E-state index in [0.29, 0.717) is 28.7 Å². The van der Waals surface area contributed by atoms with Crippen molar-refractivity contribution in [1.82, 2.24) is 24.7 Å². The van der Waals surface area contributed by atoms with Crippen LogP contribution in [0.4, 0.5) is 5.69 Å². The zero-order valence-electron chi connectivity index (χ0n) is 16.5. The molecule has 7 heteroatoms. The second-order valence-corrected chi connectivity index (χ2v) is 7.42. The van der Waals surface area contributed by atoms with Gasteiger partial charge in [-0.2, -0.15) is 5.10 Å². The van der Waals surface area contributed by atoms with Crippen LogP contribution in [0.5, 0.6) is 0 Å². The topological polar surface area (TPSA) is 85.6 Å². The fraction of sp³-hybridized carbons (Fsp3) is 0.174. The van der Waals surface area contributed by atoms with E-state index in [1.54, 1.807) is 36.4 Å². The van der Waals surface area contributed by atoms with Crippen molar-refractivity contribution in [3.63, 3.8) is 0 Å². The number of aromatic nitrogens is 5. The first-order valence-corrected chi connectivity index (χ1v) is 9.86. The van der Waals surface area contributed by atoms with Crippen LogP contribution >= 0.6 is 0 Å². The summed E-state index contributed by atoms with van der Waals surface area (Å²) in [5, 5.41) is 7.36. The number of nitrogens with zero attached hydrogens (tertiary/aromatic N) is 5. The molecule has 1 aliphatic rings. The van der Waals surface area contributed by atoms with Crippen molar-refractivity contribution < 1.29 is 4.79 Å². The normalized spacial score (nSPS) is 13.2. The lowest BCUT2D eigenvalue weighted by Crippen LogP contribution is -2.14. The second kappa shape index (κ2) is 7.51. The molecule has 0 unspecified atom stereocenters. The van der Waals surface area contributed by atoms with Crippen LogP contribution in [-0.2, 0) is 7.05 Å². The summed E-state index contributed by atoms with van der Waals surface area (Å²) in [6.07, 6.45) is 9.59. The number of pyridine rings is 3. The third-order valence-electron chi connectivity index (χ3n) is 5.07. The molecule has 1 N–H and O–H groups in total. The Labute approximate surface area is 173 Å². The molecule has 4 aromatic heterocycles. The van der Waals surface area contributed by atoms with E-state index >= 15 is 0 Å². The Kier molecular flexibility index (Phi) is 4.55. The maximum Gasteiger partial charge on any atom is 0.274 e. The molecule has 1 fully saturated rings. The molecule has 4 heterocycles. The van der Waals surface area contributed by atoms with Crippen molar-refractivity contribution in [1.29, 1.82) is 0 Å². The molecule has 0 aliphatic heterocycles. The molecule has 0 aromatic carbocycles. The first kappa shape index (κ1) is 18.2. The van der Waals surface area contributed by atoms with E-state index in [-0.39, 0.29) is 5.91 Å². The van der Waals surface area contributed by atoms with Gasteiger partial charge in [-0.05, 0) is 54.7 Å². The third-order valence-corrected chi connectivity index (χ3v) is 5.07. The molecule has 0 spiro atoms. The van der Waals surface area contributed by atoms with Gasteiger partial charge in [0.2, 0.25) is 0 Å². The molecule has 4 aromatic rings. The summed E-state index contributed by atoms with van der Waals surface area (Å²) in [6, 6.07) is 13.1. The van der Waals surface area contributed by atoms with Crippen molar-refractivity contribution >= 4 is 11.6 Å². The molecule has 30 heavy (non-hydrogen) atoms. The molecular formula is C23H20N6O. The van der Waals surface area contributed by atoms with Crippen LogP contribution in [0.3, 0.4) is 0 Å². The van der Waals surface area contributed by atoms with Gasteiger partial charge >= 0.3 is 0 Å². The van der Waals surface area contributed by atoms with Crippen LogP contribution in [-0.4, -0.2) is 30.6 Å². The van der Waals surface area contributed by atoms with Gasteiger partial charge in [-0.3, -0.25) is 19.4 Å². The minimum atomic E-state index is -0.298. The fourth-order valence-corrected chi connectivity index (χ4v) is 3.42. The monoisotopic (exact) mass is 396 g/mol. The van der Waals surface area contributed by atoms with Gasteiger partial charge in [-0.15, -0.1) is 0 Å². The Bertz CT molecular complexity index is 1210. The van der Waals surface area contributed by atoms with Crippen LogP contribution in [0.1, 0.15) is 34.8 Å². The summed E-state index contributed by atoms with van der Waals surface area (Å²) in [7, 11) is 1.81. The predicted molar refractivity (Wildman–Crippen MR) is 114 cm³/mol. The number of carbonyl (C=O) groups excluding carboxylic acids is 1. The van der Waals surface area contributed by atoms with Gasteiger partial charge in [0.1, 0.15) is 11.4 Å². The average Bonchev–Trinajstić information content (AvgIpc) is 3.58. The summed E-state index contributed by atoms with van der Waals surface area (Å²) < 4.78 is 1.65. The van der Waals surface area contributed by atoms with Crippen LogP contribution in [0.2, 0.25) is 0 Å². The lowest BCUT2D eigenvalue weighted by Gasteiger charge is -2.07. The maximum atomic E-state index is 12.9. The Morgan fingerprint density at radius 3 is 2.77 bits per heavy atom. The number of nitrogens with one attached hydrogen (secondary N) is 1. The van der Waals surface area contributed by atoms with E-state index in [1.165, 1.54) is 18.4 Å². The highest BCUT2D eigenvalue weighted by atomic mass is 16.1. The first-order chi connectivity index (χ1) is 14.7. The fourth-order valence-electron chi connectivity index (χ4n) is 3.42. The quantitative estimate of drug-likeness (QED) is 0.550. The van der Waals surface area contributed by atoms with E-state index in [0.717, 1.165) is 11.3 Å². The summed E-state index contributed by atoms with van der Waals surface area (Å²) in [4.78, 5) is 26.2. The van der Waals surface area contributed by atoms with E-state index in [9.17, 15) is 4.79 Å². The van der Waals surface area contributed by atoms with Crippen LogP contribution in [0.25, 0.3) is 22.6 Å². The summed E-state index contributed by atoms with van der Waals surface area (Å²) in [5.74, 6) is 0.313. The number of rotatable bonds is 5. The number of aryl methyl sites for hydroxylation is 1. The number of anilines is 1. The lowest BCUT2D eigenvalue weighted by molar-refractivity contribution is 0.102. The predicted octanol–water partition coefficient (Wildman–Crippen LogP) is 4.07. The molecular weight excluding hydrogens is 376 g/mol. The van der Waals surface area contributed by atoms with Gasteiger partial charge in [-0.25, -0.2) is 4.98 Å². The Morgan fingerprint density at radius 1 is 1.10 bits per heavy atom. The number of amides is 1. The minimum absolute atomic E-state index is 0.298. The molecule has 0 atom stereocenters. The highest BCUT2D eigenvalue weighted by Gasteiger charge is 2.24. The summed E-state index contributed by atoms with van der Waals surface area (Å²) in [5.41, 5.74) is 5.12. The molecule has 0 saturated heterocycles. The average molecular weight is 396 g/mol. The molecule has 0 radical (unpaired) electrons. The highest BCUT2D eigenvalue weighted by Crippen LogP contribution is 2.40.